The van der Waals surface area contributed by atoms with Crippen LogP contribution in [-0.4, -0.2) is 58.2 Å². The van der Waals surface area contributed by atoms with Crippen LogP contribution in [0.4, 0.5) is 5.69 Å². The fourth-order valence-corrected chi connectivity index (χ4v) is 2.47. The van der Waals surface area contributed by atoms with Gasteiger partial charge in [0.25, 0.3) is 5.69 Å². The number of nitro benzene ring substituents is 1. The summed E-state index contributed by atoms with van der Waals surface area (Å²) >= 11 is 9.76. The van der Waals surface area contributed by atoms with Crippen LogP contribution in [0.5, 0.6) is 5.75 Å². The number of ether oxygens (including phenoxy) is 1. The van der Waals surface area contributed by atoms with Crippen LogP contribution in [0.1, 0.15) is 12.8 Å². The van der Waals surface area contributed by atoms with Crippen molar-refractivity contribution in [3.8, 4) is 5.75 Å². The number of nitrogens with zero attached hydrogens (tertiary/aromatic N) is 1. The van der Waals surface area contributed by atoms with Crippen molar-refractivity contribution in [1.29, 1.82) is 0 Å². The van der Waals surface area contributed by atoms with Gasteiger partial charge in [-0.1, -0.05) is 11.6 Å². The molecule has 164 valence electrons. The van der Waals surface area contributed by atoms with Gasteiger partial charge in [-0.2, -0.15) is 12.6 Å². The molecule has 0 radical (unpaired) electrons. The summed E-state index contributed by atoms with van der Waals surface area (Å²) in [6.07, 6.45) is -0.337. The molecule has 12 nitrogen and oxygen atoms in total. The fourth-order valence-electron chi connectivity index (χ4n) is 2.00. The van der Waals surface area contributed by atoms with Crippen molar-refractivity contribution in [1.82, 2.24) is 10.6 Å². The zero-order valence-electron chi connectivity index (χ0n) is 15.4. The quantitative estimate of drug-likeness (QED) is 0.0979. The maximum atomic E-state index is 12.1. The van der Waals surface area contributed by atoms with Gasteiger partial charge in [0.15, 0.2) is 0 Å². The number of nitrogens with two attached hydrogens (primary N) is 1. The summed E-state index contributed by atoms with van der Waals surface area (Å²) in [6.45, 7) is -0.573. The van der Waals surface area contributed by atoms with Gasteiger partial charge in [-0.3, -0.25) is 24.5 Å². The molecule has 0 aliphatic heterocycles. The van der Waals surface area contributed by atoms with Crippen LogP contribution in [0.15, 0.2) is 18.2 Å². The van der Waals surface area contributed by atoms with E-state index in [9.17, 15) is 29.3 Å². The van der Waals surface area contributed by atoms with E-state index in [1.165, 1.54) is 0 Å². The van der Waals surface area contributed by atoms with Gasteiger partial charge in [-0.15, -0.1) is 0 Å². The van der Waals surface area contributed by atoms with Gasteiger partial charge < -0.3 is 26.2 Å². The number of amides is 2. The largest absolute Gasteiger partial charge is 0.480 e. The molecule has 2 atom stereocenters. The lowest BCUT2D eigenvalue weighted by Gasteiger charge is -2.16. The van der Waals surface area contributed by atoms with E-state index in [1.807, 2.05) is 0 Å². The van der Waals surface area contributed by atoms with Crippen molar-refractivity contribution in [2.45, 2.75) is 24.9 Å². The van der Waals surface area contributed by atoms with Crippen LogP contribution in [0.25, 0.3) is 0 Å². The van der Waals surface area contributed by atoms with E-state index in [0.29, 0.717) is 0 Å². The molecular formula is C16H19ClN4O8S. The molecule has 5 N–H and O–H groups in total. The molecular weight excluding hydrogens is 444 g/mol. The Hall–Kier alpha value is -2.90. The first-order valence-corrected chi connectivity index (χ1v) is 9.37. The van der Waals surface area contributed by atoms with Gasteiger partial charge in [0.05, 0.1) is 9.95 Å². The number of esters is 1. The first-order valence-electron chi connectivity index (χ1n) is 8.36. The van der Waals surface area contributed by atoms with E-state index in [4.69, 9.17) is 27.2 Å². The molecule has 0 spiro atoms. The number of non-ortho nitro benzene ring substituents is 1. The molecule has 2 amide bonds. The van der Waals surface area contributed by atoms with E-state index in [2.05, 4.69) is 23.3 Å². The number of carbonyl (C=O) groups is 4. The molecule has 0 saturated carbocycles. The monoisotopic (exact) mass is 462 g/mol. The molecule has 1 aromatic carbocycles. The number of carboxylic acids is 1. The molecule has 0 saturated heterocycles. The van der Waals surface area contributed by atoms with Gasteiger partial charge in [-0.25, -0.2) is 4.79 Å². The molecule has 0 fully saturated rings. The Balaban J connectivity index is 2.52. The molecule has 1 aromatic rings. The van der Waals surface area contributed by atoms with Crippen molar-refractivity contribution in [2.75, 3.05) is 12.3 Å². The van der Waals surface area contributed by atoms with Crippen LogP contribution < -0.4 is 21.1 Å². The number of carbonyl (C=O) groups excluding carboxylic acids is 3. The molecule has 0 aromatic heterocycles. The minimum absolute atomic E-state index is 0.0915. The number of halogens is 1. The molecule has 1 unspecified atom stereocenters. The van der Waals surface area contributed by atoms with Crippen LogP contribution in [0, 0.1) is 10.1 Å². The Morgan fingerprint density at radius 2 is 2.00 bits per heavy atom. The zero-order valence-corrected chi connectivity index (χ0v) is 17.0. The number of rotatable bonds is 11. The second-order valence-corrected chi connectivity index (χ2v) is 6.62. The smallest absolute Gasteiger partial charge is 0.330 e. The predicted molar refractivity (Wildman–Crippen MR) is 107 cm³/mol. The number of benzene rings is 1. The highest BCUT2D eigenvalue weighted by Gasteiger charge is 2.22. The zero-order chi connectivity index (χ0) is 22.8. The maximum absolute atomic E-state index is 12.1. The SMILES string of the molecule is NC(CCC(=O)N[C@H](CS)C(=O)NCC(=O)Oc1ccc([N+](=O)[O-])cc1Cl)C(=O)O. The number of thiol groups is 1. The molecule has 0 aliphatic carbocycles. The van der Waals surface area contributed by atoms with Crippen LogP contribution in [0.2, 0.25) is 5.02 Å². The highest BCUT2D eigenvalue weighted by atomic mass is 35.5. The lowest BCUT2D eigenvalue weighted by Crippen LogP contribution is -2.49. The second-order valence-electron chi connectivity index (χ2n) is 5.85. The van der Waals surface area contributed by atoms with Crippen LogP contribution in [0.3, 0.4) is 0 Å². The number of hydrogen-bond acceptors (Lipinski definition) is 9. The Labute approximate surface area is 180 Å². The Kier molecular flexibility index (Phi) is 10.0. The predicted octanol–water partition coefficient (Wildman–Crippen LogP) is -0.123. The molecule has 1 rings (SSSR count). The molecule has 0 bridgehead atoms. The summed E-state index contributed by atoms with van der Waals surface area (Å²) in [5, 5.41) is 23.8. The van der Waals surface area contributed by atoms with Gasteiger partial charge >= 0.3 is 11.9 Å². The number of nitrogens with one attached hydrogen (secondary N) is 2. The average Bonchev–Trinajstić information content (AvgIpc) is 2.69. The van der Waals surface area contributed by atoms with Crippen molar-refractivity contribution in [2.24, 2.45) is 5.73 Å². The second kappa shape index (κ2) is 11.9. The van der Waals surface area contributed by atoms with E-state index in [-0.39, 0.29) is 35.1 Å². The standard InChI is InChI=1S/C16H19ClN4O8S/c17-9-5-8(21(27)28)1-3-12(9)29-14(23)6-19-15(24)11(7-30)20-13(22)4-2-10(18)16(25)26/h1,3,5,10-11,30H,2,4,6-7,18H2,(H,19,24)(H,20,22)(H,25,26)/t10?,11-/m1/s1. The molecule has 14 heteroatoms. The van der Waals surface area contributed by atoms with Crippen molar-refractivity contribution < 1.29 is 33.9 Å². The Morgan fingerprint density at radius 3 is 2.53 bits per heavy atom. The minimum Gasteiger partial charge on any atom is -0.480 e. The Morgan fingerprint density at radius 1 is 1.33 bits per heavy atom. The molecule has 30 heavy (non-hydrogen) atoms. The summed E-state index contributed by atoms with van der Waals surface area (Å²) in [6, 6.07) is 0.942. The number of nitro groups is 1. The lowest BCUT2D eigenvalue weighted by atomic mass is 10.1. The van der Waals surface area contributed by atoms with E-state index in [1.54, 1.807) is 0 Å². The lowest BCUT2D eigenvalue weighted by molar-refractivity contribution is -0.384. The summed E-state index contributed by atoms with van der Waals surface area (Å²) in [7, 11) is 0. The third kappa shape index (κ3) is 8.23. The fraction of sp³-hybridized carbons (Fsp3) is 0.375. The van der Waals surface area contributed by atoms with Crippen molar-refractivity contribution in [3.63, 3.8) is 0 Å². The number of carboxylic acid groups (broad SMARTS) is 1. The average molecular weight is 463 g/mol. The van der Waals surface area contributed by atoms with Crippen LogP contribution >= 0.6 is 24.2 Å². The molecule has 0 aliphatic rings. The third-order valence-corrected chi connectivity index (χ3v) is 4.25. The first-order chi connectivity index (χ1) is 14.0. The van der Waals surface area contributed by atoms with Crippen molar-refractivity contribution in [3.05, 3.63) is 33.3 Å². The van der Waals surface area contributed by atoms with E-state index in [0.717, 1.165) is 18.2 Å². The summed E-state index contributed by atoms with van der Waals surface area (Å²) in [5.41, 5.74) is 5.01. The minimum atomic E-state index is -1.25. The van der Waals surface area contributed by atoms with E-state index >= 15 is 0 Å². The topological polar surface area (TPSA) is 191 Å². The van der Waals surface area contributed by atoms with Gasteiger partial charge in [0.2, 0.25) is 11.8 Å². The van der Waals surface area contributed by atoms with Gasteiger partial charge in [0, 0.05) is 24.3 Å². The van der Waals surface area contributed by atoms with Crippen molar-refractivity contribution >= 4 is 53.7 Å². The highest BCUT2D eigenvalue weighted by Crippen LogP contribution is 2.28. The summed E-state index contributed by atoms with van der Waals surface area (Å²) in [5.74, 6) is -3.72. The summed E-state index contributed by atoms with van der Waals surface area (Å²) < 4.78 is 4.93. The first kappa shape index (κ1) is 25.1. The van der Waals surface area contributed by atoms with Gasteiger partial charge in [0.1, 0.15) is 24.4 Å². The Bertz CT molecular complexity index is 837. The highest BCUT2D eigenvalue weighted by molar-refractivity contribution is 7.80. The molecule has 0 heterocycles. The summed E-state index contributed by atoms with van der Waals surface area (Å²) in [4.78, 5) is 56.4. The van der Waals surface area contributed by atoms with E-state index < -0.39 is 47.3 Å². The maximum Gasteiger partial charge on any atom is 0.330 e. The normalized spacial score (nSPS) is 12.4. The number of aliphatic carboxylic acids is 1. The van der Waals surface area contributed by atoms with Crippen LogP contribution in [-0.2, 0) is 19.2 Å². The number of hydrogen-bond donors (Lipinski definition) is 5. The van der Waals surface area contributed by atoms with Gasteiger partial charge in [-0.05, 0) is 12.5 Å². The third-order valence-electron chi connectivity index (χ3n) is 3.59.